The lowest BCUT2D eigenvalue weighted by atomic mass is 9.92. The number of nitrogens with zero attached hydrogens (tertiary/aromatic N) is 3. The van der Waals surface area contributed by atoms with Crippen LogP contribution in [0.2, 0.25) is 0 Å². The third kappa shape index (κ3) is 6.09. The highest BCUT2D eigenvalue weighted by molar-refractivity contribution is 7.99. The maximum Gasteiger partial charge on any atom is 0.416 e. The molecule has 1 N–H and O–H groups in total. The Kier molecular flexibility index (Phi) is 6.66. The molecule has 0 aliphatic carbocycles. The smallest absolute Gasteiger partial charge is 0.356 e. The van der Waals surface area contributed by atoms with Gasteiger partial charge in [0.15, 0.2) is 0 Å². The van der Waals surface area contributed by atoms with Crippen LogP contribution < -0.4 is 10.2 Å². The molecule has 3 rings (SSSR count). The summed E-state index contributed by atoms with van der Waals surface area (Å²) in [7, 11) is 0. The van der Waals surface area contributed by atoms with Crippen molar-refractivity contribution in [2.24, 2.45) is 11.8 Å². The number of carbonyl (C=O) groups excluding carboxylic acids is 1. The predicted octanol–water partition coefficient (Wildman–Crippen LogP) is 4.71. The number of anilines is 2. The fraction of sp³-hybridized carbons (Fsp3) is 0.450. The molecule has 0 bridgehead atoms. The van der Waals surface area contributed by atoms with Crippen LogP contribution in [-0.4, -0.2) is 34.7 Å². The van der Waals surface area contributed by atoms with E-state index in [0.29, 0.717) is 16.9 Å². The molecule has 0 saturated carbocycles. The first-order chi connectivity index (χ1) is 13.7. The minimum absolute atomic E-state index is 0.0412. The number of aromatic nitrogens is 2. The monoisotopic (exact) mass is 424 g/mol. The summed E-state index contributed by atoms with van der Waals surface area (Å²) in [5.74, 6) is 1.65. The van der Waals surface area contributed by atoms with Crippen molar-refractivity contribution in [3.8, 4) is 0 Å². The van der Waals surface area contributed by atoms with Crippen molar-refractivity contribution >= 4 is 29.2 Å². The summed E-state index contributed by atoms with van der Waals surface area (Å²) in [6, 6.07) is 6.44. The normalized spacial score (nSPS) is 19.8. The number of rotatable bonds is 5. The van der Waals surface area contributed by atoms with Gasteiger partial charge in [0.2, 0.25) is 5.91 Å². The zero-order valence-corrected chi connectivity index (χ0v) is 17.1. The Morgan fingerprint density at radius 2 is 1.93 bits per heavy atom. The average molecular weight is 424 g/mol. The van der Waals surface area contributed by atoms with E-state index in [1.165, 1.54) is 36.6 Å². The zero-order chi connectivity index (χ0) is 21.0. The van der Waals surface area contributed by atoms with E-state index in [2.05, 4.69) is 34.0 Å². The third-order valence-electron chi connectivity index (χ3n) is 4.65. The highest BCUT2D eigenvalue weighted by Gasteiger charge is 2.30. The Labute approximate surface area is 172 Å². The van der Waals surface area contributed by atoms with E-state index < -0.39 is 17.6 Å². The molecule has 2 heterocycles. The first-order valence-electron chi connectivity index (χ1n) is 9.37. The number of carbonyl (C=O) groups is 1. The molecule has 0 radical (unpaired) electrons. The molecule has 156 valence electrons. The summed E-state index contributed by atoms with van der Waals surface area (Å²) in [5, 5.41) is 3.15. The van der Waals surface area contributed by atoms with Gasteiger partial charge in [-0.3, -0.25) is 4.79 Å². The predicted molar refractivity (Wildman–Crippen MR) is 108 cm³/mol. The Hall–Kier alpha value is -2.29. The van der Waals surface area contributed by atoms with Crippen molar-refractivity contribution in [1.82, 2.24) is 9.97 Å². The van der Waals surface area contributed by atoms with Gasteiger partial charge in [0.25, 0.3) is 0 Å². The second kappa shape index (κ2) is 9.02. The molecular weight excluding hydrogens is 401 g/mol. The summed E-state index contributed by atoms with van der Waals surface area (Å²) in [6.45, 7) is 6.30. The summed E-state index contributed by atoms with van der Waals surface area (Å²) in [6.07, 6.45) is -1.78. The van der Waals surface area contributed by atoms with Crippen LogP contribution in [0.4, 0.5) is 24.7 Å². The van der Waals surface area contributed by atoms with E-state index in [9.17, 15) is 18.0 Å². The Morgan fingerprint density at radius 3 is 2.62 bits per heavy atom. The van der Waals surface area contributed by atoms with Crippen LogP contribution >= 0.6 is 11.8 Å². The SMILES string of the molecule is C[C@@H]1C[C@H](C)CN(c2cc(SCC(=O)Nc3cccc(C(F)(F)F)c3)ncn2)C1. The highest BCUT2D eigenvalue weighted by atomic mass is 32.2. The van der Waals surface area contributed by atoms with E-state index in [1.54, 1.807) is 0 Å². The standard InChI is InChI=1S/C20H23F3N4OS/c1-13-6-14(2)10-27(9-13)17-8-19(25-12-24-17)29-11-18(28)26-16-5-3-4-15(7-16)20(21,22)23/h3-5,7-8,12-14H,6,9-11H2,1-2H3,(H,26,28)/t13-,14+. The molecule has 5 nitrogen and oxygen atoms in total. The quantitative estimate of drug-likeness (QED) is 0.557. The number of thioether (sulfide) groups is 1. The molecule has 1 aliphatic heterocycles. The fourth-order valence-corrected chi connectivity index (χ4v) is 4.20. The molecule has 0 spiro atoms. The molecule has 9 heteroatoms. The zero-order valence-electron chi connectivity index (χ0n) is 16.2. The summed E-state index contributed by atoms with van der Waals surface area (Å²) >= 11 is 1.23. The fourth-order valence-electron chi connectivity index (χ4n) is 3.54. The van der Waals surface area contributed by atoms with Crippen LogP contribution in [-0.2, 0) is 11.0 Å². The van der Waals surface area contributed by atoms with E-state index in [4.69, 9.17) is 0 Å². The van der Waals surface area contributed by atoms with Gasteiger partial charge in [-0.25, -0.2) is 9.97 Å². The minimum Gasteiger partial charge on any atom is -0.356 e. The number of hydrogen-bond donors (Lipinski definition) is 1. The van der Waals surface area contributed by atoms with Gasteiger partial charge in [-0.05, 0) is 36.5 Å². The largest absolute Gasteiger partial charge is 0.416 e. The van der Waals surface area contributed by atoms with Gasteiger partial charge in [-0.1, -0.05) is 31.7 Å². The van der Waals surface area contributed by atoms with Crippen LogP contribution in [0.5, 0.6) is 0 Å². The molecule has 1 aromatic carbocycles. The van der Waals surface area contributed by atoms with Gasteiger partial charge >= 0.3 is 6.18 Å². The molecule has 1 amide bonds. The number of nitrogens with one attached hydrogen (secondary N) is 1. The minimum atomic E-state index is -4.45. The molecule has 1 fully saturated rings. The van der Waals surface area contributed by atoms with Crippen molar-refractivity contribution < 1.29 is 18.0 Å². The third-order valence-corrected chi connectivity index (χ3v) is 5.57. The lowest BCUT2D eigenvalue weighted by Gasteiger charge is -2.35. The lowest BCUT2D eigenvalue weighted by molar-refractivity contribution is -0.137. The second-order valence-electron chi connectivity index (χ2n) is 7.48. The first-order valence-corrected chi connectivity index (χ1v) is 10.4. The van der Waals surface area contributed by atoms with Gasteiger partial charge in [0, 0.05) is 24.8 Å². The summed E-state index contributed by atoms with van der Waals surface area (Å²) in [5.41, 5.74) is -0.682. The Bertz CT molecular complexity index is 852. The van der Waals surface area contributed by atoms with Crippen LogP contribution in [0, 0.1) is 11.8 Å². The Balaban J connectivity index is 1.58. The summed E-state index contributed by atoms with van der Waals surface area (Å²) < 4.78 is 38.3. The van der Waals surface area contributed by atoms with E-state index in [-0.39, 0.29) is 11.4 Å². The maximum absolute atomic E-state index is 12.8. The van der Waals surface area contributed by atoms with Crippen molar-refractivity contribution in [1.29, 1.82) is 0 Å². The van der Waals surface area contributed by atoms with Gasteiger partial charge in [0.1, 0.15) is 17.2 Å². The molecule has 29 heavy (non-hydrogen) atoms. The van der Waals surface area contributed by atoms with Gasteiger partial charge in [0.05, 0.1) is 11.3 Å². The highest BCUT2D eigenvalue weighted by Crippen LogP contribution is 2.31. The van der Waals surface area contributed by atoms with Gasteiger partial charge in [-0.2, -0.15) is 13.2 Å². The van der Waals surface area contributed by atoms with E-state index in [0.717, 1.165) is 31.0 Å². The van der Waals surface area contributed by atoms with Crippen molar-refractivity contribution in [2.75, 3.05) is 29.1 Å². The van der Waals surface area contributed by atoms with Crippen molar-refractivity contribution in [3.05, 3.63) is 42.2 Å². The average Bonchev–Trinajstić information content (AvgIpc) is 2.65. The Morgan fingerprint density at radius 1 is 1.21 bits per heavy atom. The summed E-state index contributed by atoms with van der Waals surface area (Å²) in [4.78, 5) is 22.9. The first kappa shape index (κ1) is 21.4. The lowest BCUT2D eigenvalue weighted by Crippen LogP contribution is -2.39. The molecular formula is C20H23F3N4OS. The number of alkyl halides is 3. The van der Waals surface area contributed by atoms with E-state index in [1.807, 2.05) is 6.07 Å². The van der Waals surface area contributed by atoms with E-state index >= 15 is 0 Å². The molecule has 1 aromatic heterocycles. The molecule has 1 saturated heterocycles. The number of piperidine rings is 1. The van der Waals surface area contributed by atoms with Crippen LogP contribution in [0.15, 0.2) is 41.7 Å². The number of benzene rings is 1. The number of hydrogen-bond acceptors (Lipinski definition) is 5. The van der Waals surface area contributed by atoms with Gasteiger partial charge in [-0.15, -0.1) is 0 Å². The number of halogens is 3. The maximum atomic E-state index is 12.8. The second-order valence-corrected chi connectivity index (χ2v) is 8.48. The topological polar surface area (TPSA) is 58.1 Å². The molecule has 2 aromatic rings. The van der Waals surface area contributed by atoms with Crippen molar-refractivity contribution in [3.63, 3.8) is 0 Å². The van der Waals surface area contributed by atoms with Crippen LogP contribution in [0.3, 0.4) is 0 Å². The number of amides is 1. The molecule has 0 unspecified atom stereocenters. The molecule has 2 atom stereocenters. The molecule has 1 aliphatic rings. The van der Waals surface area contributed by atoms with Crippen LogP contribution in [0.1, 0.15) is 25.8 Å². The van der Waals surface area contributed by atoms with Gasteiger partial charge < -0.3 is 10.2 Å². The van der Waals surface area contributed by atoms with Crippen LogP contribution in [0.25, 0.3) is 0 Å². The van der Waals surface area contributed by atoms with Crippen molar-refractivity contribution in [2.45, 2.75) is 31.5 Å².